The number of nitrogens with one attached hydrogen (secondary N) is 1. The number of hydrogen-bond donors (Lipinski definition) is 1. The normalized spacial score (nSPS) is 10.5. The maximum Gasteiger partial charge on any atom is 0.330 e. The van der Waals surface area contributed by atoms with E-state index in [0.717, 1.165) is 0 Å². The highest BCUT2D eigenvalue weighted by molar-refractivity contribution is 6.28. The summed E-state index contributed by atoms with van der Waals surface area (Å²) in [4.78, 5) is 19.0. The van der Waals surface area contributed by atoms with Crippen molar-refractivity contribution < 1.29 is 9.53 Å². The molecule has 1 heterocycles. The summed E-state index contributed by atoms with van der Waals surface area (Å²) in [6, 6.07) is 0. The van der Waals surface area contributed by atoms with Crippen LogP contribution in [0.5, 0.6) is 0 Å². The van der Waals surface area contributed by atoms with Crippen LogP contribution in [0.2, 0.25) is 5.28 Å². The molecule has 6 heteroatoms. The van der Waals surface area contributed by atoms with Gasteiger partial charge in [-0.3, -0.25) is 0 Å². The summed E-state index contributed by atoms with van der Waals surface area (Å²) in [5.74, 6) is 0.193. The Balaban J connectivity index is 2.85. The first kappa shape index (κ1) is 13.4. The lowest BCUT2D eigenvalue weighted by Gasteiger charge is -2.05. The molecule has 0 bridgehead atoms. The van der Waals surface area contributed by atoms with Crippen LogP contribution in [0.1, 0.15) is 19.4 Å². The first-order valence-electron chi connectivity index (χ1n) is 5.28. The molecule has 0 fully saturated rings. The van der Waals surface area contributed by atoms with Crippen LogP contribution in [0.25, 0.3) is 6.08 Å². The number of halogens is 1. The van der Waals surface area contributed by atoms with Gasteiger partial charge in [0.15, 0.2) is 0 Å². The average molecular weight is 256 g/mol. The van der Waals surface area contributed by atoms with Crippen LogP contribution in [0.3, 0.4) is 0 Å². The number of rotatable bonds is 5. The minimum atomic E-state index is -0.398. The maximum absolute atomic E-state index is 11.2. The molecule has 0 atom stereocenters. The smallest absolute Gasteiger partial charge is 0.330 e. The number of nitrogens with zero attached hydrogens (tertiary/aromatic N) is 2. The fraction of sp³-hybridized carbons (Fsp3) is 0.364. The summed E-state index contributed by atoms with van der Waals surface area (Å²) in [6.07, 6.45) is 4.46. The number of carbonyl (C=O) groups excluding carboxylic acids is 1. The van der Waals surface area contributed by atoms with Crippen LogP contribution in [-0.2, 0) is 9.53 Å². The Morgan fingerprint density at radius 1 is 1.59 bits per heavy atom. The van der Waals surface area contributed by atoms with Gasteiger partial charge in [-0.05, 0) is 31.5 Å². The van der Waals surface area contributed by atoms with Gasteiger partial charge in [-0.25, -0.2) is 14.8 Å². The van der Waals surface area contributed by atoms with Crippen molar-refractivity contribution in [1.29, 1.82) is 0 Å². The molecule has 0 aliphatic rings. The number of aromatic nitrogens is 2. The minimum Gasteiger partial charge on any atom is -0.463 e. The van der Waals surface area contributed by atoms with Crippen LogP contribution < -0.4 is 5.32 Å². The van der Waals surface area contributed by atoms with Crippen molar-refractivity contribution in [3.05, 3.63) is 23.1 Å². The van der Waals surface area contributed by atoms with Gasteiger partial charge >= 0.3 is 5.97 Å². The summed E-state index contributed by atoms with van der Waals surface area (Å²) in [5.41, 5.74) is 0.685. The van der Waals surface area contributed by atoms with E-state index in [1.165, 1.54) is 6.08 Å². The van der Waals surface area contributed by atoms with E-state index in [4.69, 9.17) is 16.3 Å². The Labute approximate surface area is 105 Å². The Hall–Kier alpha value is -1.62. The van der Waals surface area contributed by atoms with E-state index in [1.807, 2.05) is 6.92 Å². The third-order valence-electron chi connectivity index (χ3n) is 1.82. The molecule has 17 heavy (non-hydrogen) atoms. The summed E-state index contributed by atoms with van der Waals surface area (Å²) in [6.45, 7) is 4.74. The van der Waals surface area contributed by atoms with Gasteiger partial charge in [0.2, 0.25) is 5.28 Å². The molecule has 0 unspecified atom stereocenters. The van der Waals surface area contributed by atoms with E-state index in [1.54, 1.807) is 19.2 Å². The van der Waals surface area contributed by atoms with Crippen molar-refractivity contribution in [1.82, 2.24) is 9.97 Å². The SMILES string of the molecule is CCNc1nc(Cl)ncc1C=CC(=O)OCC. The van der Waals surface area contributed by atoms with Gasteiger partial charge in [0.1, 0.15) is 5.82 Å². The molecule has 92 valence electrons. The number of carbonyl (C=O) groups is 1. The Morgan fingerprint density at radius 3 is 3.00 bits per heavy atom. The van der Waals surface area contributed by atoms with Crippen LogP contribution in [0, 0.1) is 0 Å². The first-order chi connectivity index (χ1) is 8.17. The molecule has 0 saturated heterocycles. The van der Waals surface area contributed by atoms with E-state index in [-0.39, 0.29) is 5.28 Å². The number of hydrogen-bond acceptors (Lipinski definition) is 5. The van der Waals surface area contributed by atoms with Gasteiger partial charge in [-0.1, -0.05) is 0 Å². The Kier molecular flexibility index (Phi) is 5.42. The zero-order valence-electron chi connectivity index (χ0n) is 9.74. The van der Waals surface area contributed by atoms with E-state index in [0.29, 0.717) is 24.5 Å². The molecule has 5 nitrogen and oxygen atoms in total. The average Bonchev–Trinajstić information content (AvgIpc) is 2.29. The molecule has 0 aliphatic heterocycles. The second-order valence-corrected chi connectivity index (χ2v) is 3.40. The maximum atomic E-state index is 11.2. The molecule has 0 spiro atoms. The summed E-state index contributed by atoms with van der Waals surface area (Å²) in [7, 11) is 0. The zero-order valence-corrected chi connectivity index (χ0v) is 10.5. The fourth-order valence-corrected chi connectivity index (χ4v) is 1.28. The summed E-state index contributed by atoms with van der Waals surface area (Å²) in [5, 5.41) is 3.20. The lowest BCUT2D eigenvalue weighted by molar-refractivity contribution is -0.137. The molecule has 0 amide bonds. The molecule has 1 aromatic rings. The van der Waals surface area contributed by atoms with Crippen molar-refractivity contribution in [3.63, 3.8) is 0 Å². The highest BCUT2D eigenvalue weighted by Gasteiger charge is 2.03. The van der Waals surface area contributed by atoms with Crippen molar-refractivity contribution in [3.8, 4) is 0 Å². The van der Waals surface area contributed by atoms with Gasteiger partial charge in [-0.2, -0.15) is 0 Å². The van der Waals surface area contributed by atoms with Gasteiger partial charge < -0.3 is 10.1 Å². The van der Waals surface area contributed by atoms with Crippen molar-refractivity contribution in [2.24, 2.45) is 0 Å². The van der Waals surface area contributed by atoms with Crippen molar-refractivity contribution in [2.75, 3.05) is 18.5 Å². The van der Waals surface area contributed by atoms with Crippen LogP contribution in [0.15, 0.2) is 12.3 Å². The highest BCUT2D eigenvalue weighted by Crippen LogP contribution is 2.15. The van der Waals surface area contributed by atoms with E-state index in [9.17, 15) is 4.79 Å². The standard InChI is InChI=1S/C11H14ClN3O2/c1-3-13-10-8(7-14-11(12)15-10)5-6-9(16)17-4-2/h5-7H,3-4H2,1-2H3,(H,13,14,15). The monoisotopic (exact) mass is 255 g/mol. The summed E-state index contributed by atoms with van der Waals surface area (Å²) >= 11 is 5.69. The third kappa shape index (κ3) is 4.40. The second kappa shape index (κ2) is 6.85. The molecule has 1 N–H and O–H groups in total. The van der Waals surface area contributed by atoms with Gasteiger partial charge in [0, 0.05) is 24.4 Å². The van der Waals surface area contributed by atoms with Crippen LogP contribution >= 0.6 is 11.6 Å². The molecular weight excluding hydrogens is 242 g/mol. The van der Waals surface area contributed by atoms with Crippen molar-refractivity contribution in [2.45, 2.75) is 13.8 Å². The zero-order chi connectivity index (χ0) is 12.7. The topological polar surface area (TPSA) is 64.1 Å². The fourth-order valence-electron chi connectivity index (χ4n) is 1.15. The lowest BCUT2D eigenvalue weighted by Crippen LogP contribution is -2.03. The number of anilines is 1. The van der Waals surface area contributed by atoms with Crippen molar-refractivity contribution >= 4 is 29.5 Å². The predicted molar refractivity (Wildman–Crippen MR) is 66.9 cm³/mol. The molecule has 0 aromatic carbocycles. The lowest BCUT2D eigenvalue weighted by atomic mass is 10.3. The Bertz CT molecular complexity index is 421. The third-order valence-corrected chi connectivity index (χ3v) is 2.00. The van der Waals surface area contributed by atoms with Gasteiger partial charge in [0.25, 0.3) is 0 Å². The largest absolute Gasteiger partial charge is 0.463 e. The quantitative estimate of drug-likeness (QED) is 0.496. The van der Waals surface area contributed by atoms with E-state index >= 15 is 0 Å². The summed E-state index contributed by atoms with van der Waals surface area (Å²) < 4.78 is 4.77. The van der Waals surface area contributed by atoms with E-state index < -0.39 is 5.97 Å². The molecule has 0 aliphatic carbocycles. The molecule has 0 radical (unpaired) electrons. The second-order valence-electron chi connectivity index (χ2n) is 3.06. The minimum absolute atomic E-state index is 0.161. The molecular formula is C11H14ClN3O2. The number of esters is 1. The molecule has 1 aromatic heterocycles. The number of ether oxygens (including phenoxy) is 1. The van der Waals surface area contributed by atoms with E-state index in [2.05, 4.69) is 15.3 Å². The highest BCUT2D eigenvalue weighted by atomic mass is 35.5. The van der Waals surface area contributed by atoms with Gasteiger partial charge in [0.05, 0.1) is 6.61 Å². The van der Waals surface area contributed by atoms with Crippen LogP contribution in [-0.4, -0.2) is 29.1 Å². The molecule has 0 saturated carbocycles. The Morgan fingerprint density at radius 2 is 2.35 bits per heavy atom. The van der Waals surface area contributed by atoms with Gasteiger partial charge in [-0.15, -0.1) is 0 Å². The first-order valence-corrected chi connectivity index (χ1v) is 5.66. The predicted octanol–water partition coefficient (Wildman–Crippen LogP) is 2.14. The molecule has 1 rings (SSSR count). The van der Waals surface area contributed by atoms with Crippen LogP contribution in [0.4, 0.5) is 5.82 Å².